The van der Waals surface area contributed by atoms with Crippen molar-refractivity contribution in [1.82, 2.24) is 10.1 Å². The van der Waals surface area contributed by atoms with Crippen molar-refractivity contribution in [3.05, 3.63) is 11.7 Å². The zero-order valence-electron chi connectivity index (χ0n) is 9.27. The van der Waals surface area contributed by atoms with E-state index in [1.807, 2.05) is 6.92 Å². The molecule has 1 aromatic rings. The summed E-state index contributed by atoms with van der Waals surface area (Å²) in [5.74, 6) is 1.14. The van der Waals surface area contributed by atoms with Gasteiger partial charge in [0.05, 0.1) is 19.1 Å². The van der Waals surface area contributed by atoms with Crippen molar-refractivity contribution >= 4 is 0 Å². The number of aliphatic hydroxyl groups excluding tert-OH is 1. The molecule has 1 heterocycles. The van der Waals surface area contributed by atoms with Gasteiger partial charge >= 0.3 is 0 Å². The molecule has 1 aromatic heterocycles. The van der Waals surface area contributed by atoms with Crippen LogP contribution in [0.2, 0.25) is 0 Å². The van der Waals surface area contributed by atoms with E-state index in [-0.39, 0.29) is 6.10 Å². The Morgan fingerprint density at radius 2 is 2.33 bits per heavy atom. The molecule has 1 N–H and O–H groups in total. The number of hydrogen-bond donors (Lipinski definition) is 1. The minimum atomic E-state index is -0.384. The molecule has 86 valence electrons. The Balaban J connectivity index is 2.38. The first-order chi connectivity index (χ1) is 7.26. The highest BCUT2D eigenvalue weighted by Crippen LogP contribution is 2.06. The Morgan fingerprint density at radius 1 is 1.53 bits per heavy atom. The predicted octanol–water partition coefficient (Wildman–Crippen LogP) is 0.962. The highest BCUT2D eigenvalue weighted by Gasteiger charge is 2.11. The molecule has 1 unspecified atom stereocenters. The van der Waals surface area contributed by atoms with Gasteiger partial charge in [-0.2, -0.15) is 4.98 Å². The molecule has 0 aliphatic heterocycles. The fourth-order valence-electron chi connectivity index (χ4n) is 1.30. The molecule has 0 saturated carbocycles. The number of aromatic nitrogens is 2. The maximum absolute atomic E-state index is 9.54. The van der Waals surface area contributed by atoms with Crippen molar-refractivity contribution in [1.29, 1.82) is 0 Å². The minimum absolute atomic E-state index is 0.384. The van der Waals surface area contributed by atoms with Gasteiger partial charge < -0.3 is 14.4 Å². The summed E-state index contributed by atoms with van der Waals surface area (Å²) in [6.45, 7) is 2.61. The standard InChI is InChI=1S/C10H18N2O3/c1-3-4-8(13)7-10-11-9(12-15-10)5-6-14-2/h8,13H,3-7H2,1-2H3. The summed E-state index contributed by atoms with van der Waals surface area (Å²) < 4.78 is 9.91. The number of nitrogens with zero attached hydrogens (tertiary/aromatic N) is 2. The first-order valence-electron chi connectivity index (χ1n) is 5.24. The van der Waals surface area contributed by atoms with Crippen LogP contribution in [-0.4, -0.2) is 35.1 Å². The third kappa shape index (κ3) is 4.40. The van der Waals surface area contributed by atoms with Crippen LogP contribution >= 0.6 is 0 Å². The zero-order chi connectivity index (χ0) is 11.1. The fraction of sp³-hybridized carbons (Fsp3) is 0.800. The topological polar surface area (TPSA) is 68.4 Å². The van der Waals surface area contributed by atoms with E-state index in [9.17, 15) is 5.11 Å². The number of methoxy groups -OCH3 is 1. The van der Waals surface area contributed by atoms with Gasteiger partial charge in [0.1, 0.15) is 0 Å². The molecule has 5 nitrogen and oxygen atoms in total. The van der Waals surface area contributed by atoms with E-state index in [0.717, 1.165) is 12.8 Å². The predicted molar refractivity (Wildman–Crippen MR) is 54.5 cm³/mol. The van der Waals surface area contributed by atoms with Crippen molar-refractivity contribution in [3.63, 3.8) is 0 Å². The average Bonchev–Trinajstić information content (AvgIpc) is 2.63. The van der Waals surface area contributed by atoms with Crippen molar-refractivity contribution in [2.45, 2.75) is 38.7 Å². The van der Waals surface area contributed by atoms with E-state index in [0.29, 0.717) is 31.2 Å². The maximum atomic E-state index is 9.54. The van der Waals surface area contributed by atoms with Crippen LogP contribution in [0.1, 0.15) is 31.5 Å². The Hall–Kier alpha value is -0.940. The lowest BCUT2D eigenvalue weighted by Crippen LogP contribution is -2.10. The number of aliphatic hydroxyl groups is 1. The summed E-state index contributed by atoms with van der Waals surface area (Å²) in [4.78, 5) is 4.15. The van der Waals surface area contributed by atoms with Crippen LogP contribution in [0.5, 0.6) is 0 Å². The summed E-state index contributed by atoms with van der Waals surface area (Å²) >= 11 is 0. The van der Waals surface area contributed by atoms with Gasteiger partial charge in [-0.25, -0.2) is 0 Å². The SMILES string of the molecule is CCCC(O)Cc1nc(CCOC)no1. The van der Waals surface area contributed by atoms with Gasteiger partial charge in [-0.05, 0) is 6.42 Å². The molecular formula is C10H18N2O3. The maximum Gasteiger partial charge on any atom is 0.229 e. The van der Waals surface area contributed by atoms with Gasteiger partial charge in [0.15, 0.2) is 5.82 Å². The second-order valence-electron chi connectivity index (χ2n) is 3.49. The summed E-state index contributed by atoms with van der Waals surface area (Å²) in [6.07, 6.45) is 2.41. The Kier molecular flexibility index (Phi) is 5.28. The van der Waals surface area contributed by atoms with E-state index in [1.54, 1.807) is 7.11 Å². The lowest BCUT2D eigenvalue weighted by molar-refractivity contribution is 0.151. The smallest absolute Gasteiger partial charge is 0.229 e. The Morgan fingerprint density at radius 3 is 3.00 bits per heavy atom. The Labute approximate surface area is 89.4 Å². The number of hydrogen-bond acceptors (Lipinski definition) is 5. The van der Waals surface area contributed by atoms with Gasteiger partial charge in [-0.15, -0.1) is 0 Å². The first kappa shape index (κ1) is 12.1. The van der Waals surface area contributed by atoms with Gasteiger partial charge in [-0.3, -0.25) is 0 Å². The van der Waals surface area contributed by atoms with Crippen molar-refractivity contribution < 1.29 is 14.4 Å². The number of rotatable bonds is 7. The van der Waals surface area contributed by atoms with Gasteiger partial charge in [0, 0.05) is 13.5 Å². The van der Waals surface area contributed by atoms with E-state index in [1.165, 1.54) is 0 Å². The molecular weight excluding hydrogens is 196 g/mol. The molecule has 0 spiro atoms. The molecule has 0 radical (unpaired) electrons. The number of ether oxygens (including phenoxy) is 1. The first-order valence-corrected chi connectivity index (χ1v) is 5.24. The molecule has 0 aromatic carbocycles. The molecule has 0 bridgehead atoms. The molecule has 0 aliphatic carbocycles. The highest BCUT2D eigenvalue weighted by molar-refractivity contribution is 4.88. The lowest BCUT2D eigenvalue weighted by atomic mass is 10.1. The fourth-order valence-corrected chi connectivity index (χ4v) is 1.30. The van der Waals surface area contributed by atoms with Crippen LogP contribution in [0.3, 0.4) is 0 Å². The lowest BCUT2D eigenvalue weighted by Gasteiger charge is -2.03. The van der Waals surface area contributed by atoms with E-state index >= 15 is 0 Å². The van der Waals surface area contributed by atoms with Crippen molar-refractivity contribution in [3.8, 4) is 0 Å². The van der Waals surface area contributed by atoms with Crippen LogP contribution in [0.25, 0.3) is 0 Å². The molecule has 0 aliphatic rings. The minimum Gasteiger partial charge on any atom is -0.393 e. The van der Waals surface area contributed by atoms with E-state index in [4.69, 9.17) is 9.26 Å². The van der Waals surface area contributed by atoms with Gasteiger partial charge in [0.25, 0.3) is 0 Å². The molecule has 0 amide bonds. The highest BCUT2D eigenvalue weighted by atomic mass is 16.5. The molecule has 1 atom stereocenters. The van der Waals surface area contributed by atoms with Crippen LogP contribution in [0.15, 0.2) is 4.52 Å². The summed E-state index contributed by atoms with van der Waals surface area (Å²) in [5.41, 5.74) is 0. The third-order valence-electron chi connectivity index (χ3n) is 2.07. The molecule has 0 fully saturated rings. The molecule has 15 heavy (non-hydrogen) atoms. The normalized spacial score (nSPS) is 13.0. The van der Waals surface area contributed by atoms with E-state index in [2.05, 4.69) is 10.1 Å². The second-order valence-corrected chi connectivity index (χ2v) is 3.49. The summed E-state index contributed by atoms with van der Waals surface area (Å²) in [6, 6.07) is 0. The van der Waals surface area contributed by atoms with Crippen molar-refractivity contribution in [2.24, 2.45) is 0 Å². The van der Waals surface area contributed by atoms with Gasteiger partial charge in [0.2, 0.25) is 5.89 Å². The van der Waals surface area contributed by atoms with Crippen molar-refractivity contribution in [2.75, 3.05) is 13.7 Å². The largest absolute Gasteiger partial charge is 0.393 e. The summed E-state index contributed by atoms with van der Waals surface area (Å²) in [5, 5.41) is 13.3. The molecule has 5 heteroatoms. The quantitative estimate of drug-likeness (QED) is 0.732. The van der Waals surface area contributed by atoms with Crippen LogP contribution < -0.4 is 0 Å². The van der Waals surface area contributed by atoms with Crippen LogP contribution in [0, 0.1) is 0 Å². The van der Waals surface area contributed by atoms with Gasteiger partial charge in [-0.1, -0.05) is 18.5 Å². The average molecular weight is 214 g/mol. The Bertz CT molecular complexity index is 275. The molecule has 1 rings (SSSR count). The zero-order valence-corrected chi connectivity index (χ0v) is 9.27. The van der Waals surface area contributed by atoms with Crippen LogP contribution in [-0.2, 0) is 17.6 Å². The van der Waals surface area contributed by atoms with E-state index < -0.39 is 0 Å². The monoisotopic (exact) mass is 214 g/mol. The second kappa shape index (κ2) is 6.53. The molecule has 0 saturated heterocycles. The third-order valence-corrected chi connectivity index (χ3v) is 2.07. The summed E-state index contributed by atoms with van der Waals surface area (Å²) in [7, 11) is 1.63. The van der Waals surface area contributed by atoms with Crippen LogP contribution in [0.4, 0.5) is 0 Å².